The van der Waals surface area contributed by atoms with E-state index in [1.165, 1.54) is 0 Å². The fourth-order valence-electron chi connectivity index (χ4n) is 4.10. The molecular weight excluding hydrogens is 342 g/mol. The molecule has 2 aromatic rings. The van der Waals surface area contributed by atoms with Crippen LogP contribution in [0, 0.1) is 5.92 Å². The average Bonchev–Trinajstić information content (AvgIpc) is 3.17. The maximum Gasteiger partial charge on any atom is 0.338 e. The van der Waals surface area contributed by atoms with Crippen molar-refractivity contribution in [2.45, 2.75) is 25.3 Å². The van der Waals surface area contributed by atoms with E-state index in [2.05, 4.69) is 17.5 Å². The third kappa shape index (κ3) is 3.10. The van der Waals surface area contributed by atoms with Crippen LogP contribution in [0.2, 0.25) is 0 Å². The van der Waals surface area contributed by atoms with Gasteiger partial charge >= 0.3 is 11.9 Å². The Labute approximate surface area is 157 Å². The van der Waals surface area contributed by atoms with E-state index in [9.17, 15) is 9.59 Å². The molecule has 2 aromatic carbocycles. The summed E-state index contributed by atoms with van der Waals surface area (Å²) in [7, 11) is 0. The summed E-state index contributed by atoms with van der Waals surface area (Å²) < 4.78 is 5.13. The second kappa shape index (κ2) is 6.91. The lowest BCUT2D eigenvalue weighted by Gasteiger charge is -2.37. The molecule has 0 amide bonds. The maximum absolute atomic E-state index is 12.1. The molecule has 0 spiro atoms. The molecule has 0 radical (unpaired) electrons. The first-order chi connectivity index (χ1) is 13.1. The maximum atomic E-state index is 12.1. The molecule has 1 heterocycles. The van der Waals surface area contributed by atoms with Crippen molar-refractivity contribution < 1.29 is 19.4 Å². The van der Waals surface area contributed by atoms with E-state index in [1.54, 1.807) is 25.1 Å². The molecule has 0 aromatic heterocycles. The number of hydrogen-bond acceptors (Lipinski definition) is 4. The number of carbonyl (C=O) groups is 2. The van der Waals surface area contributed by atoms with Crippen molar-refractivity contribution in [3.63, 3.8) is 0 Å². The molecule has 2 N–H and O–H groups in total. The Morgan fingerprint density at radius 3 is 2.59 bits per heavy atom. The van der Waals surface area contributed by atoms with Crippen LogP contribution < -0.4 is 5.32 Å². The quantitative estimate of drug-likeness (QED) is 0.622. The molecule has 27 heavy (non-hydrogen) atoms. The van der Waals surface area contributed by atoms with Gasteiger partial charge in [0, 0.05) is 11.6 Å². The third-order valence-corrected chi connectivity index (χ3v) is 5.39. The predicted octanol–water partition coefficient (Wildman–Crippen LogP) is 4.39. The molecule has 2 aliphatic rings. The van der Waals surface area contributed by atoms with Gasteiger partial charge in [0.1, 0.15) is 0 Å². The number of rotatable bonds is 4. The number of benzene rings is 2. The lowest BCUT2D eigenvalue weighted by atomic mass is 9.76. The SMILES string of the molecule is CCOC(=O)c1ccc2c(c1)[C@H]1C=CC[C@@H]1[C@H](c1ccc(C(=O)O)cc1)N2. The van der Waals surface area contributed by atoms with E-state index in [-0.39, 0.29) is 23.5 Å². The van der Waals surface area contributed by atoms with E-state index < -0.39 is 5.97 Å². The van der Waals surface area contributed by atoms with Gasteiger partial charge in [0.2, 0.25) is 0 Å². The van der Waals surface area contributed by atoms with Gasteiger partial charge in [-0.3, -0.25) is 0 Å². The number of allylic oxidation sites excluding steroid dienone is 2. The summed E-state index contributed by atoms with van der Waals surface area (Å²) in [6.45, 7) is 2.16. The Hall–Kier alpha value is -3.08. The molecule has 4 rings (SSSR count). The van der Waals surface area contributed by atoms with Gasteiger partial charge in [-0.2, -0.15) is 0 Å². The normalized spacial score (nSPS) is 22.5. The van der Waals surface area contributed by atoms with Crippen LogP contribution in [-0.2, 0) is 4.74 Å². The highest BCUT2D eigenvalue weighted by Gasteiger charge is 2.38. The lowest BCUT2D eigenvalue weighted by Crippen LogP contribution is -2.29. The van der Waals surface area contributed by atoms with Gasteiger partial charge in [-0.15, -0.1) is 0 Å². The number of carbonyl (C=O) groups excluding carboxylic acids is 1. The Morgan fingerprint density at radius 2 is 1.89 bits per heavy atom. The summed E-state index contributed by atoms with van der Waals surface area (Å²) in [5.74, 6) is -0.675. The molecule has 1 aliphatic carbocycles. The van der Waals surface area contributed by atoms with Crippen molar-refractivity contribution in [2.75, 3.05) is 11.9 Å². The molecule has 5 heteroatoms. The molecule has 0 bridgehead atoms. The van der Waals surface area contributed by atoms with Gasteiger partial charge in [0.25, 0.3) is 0 Å². The highest BCUT2D eigenvalue weighted by molar-refractivity contribution is 5.90. The molecule has 3 atom stereocenters. The first kappa shape index (κ1) is 17.3. The zero-order chi connectivity index (χ0) is 19.0. The zero-order valence-corrected chi connectivity index (χ0v) is 15.0. The molecule has 0 fully saturated rings. The van der Waals surface area contributed by atoms with Crippen molar-refractivity contribution in [3.8, 4) is 0 Å². The average molecular weight is 363 g/mol. The number of carboxylic acids is 1. The topological polar surface area (TPSA) is 75.6 Å². The number of hydrogen-bond donors (Lipinski definition) is 2. The van der Waals surface area contributed by atoms with Crippen LogP contribution in [0.4, 0.5) is 5.69 Å². The predicted molar refractivity (Wildman–Crippen MR) is 102 cm³/mol. The zero-order valence-electron chi connectivity index (χ0n) is 15.0. The molecule has 138 valence electrons. The van der Waals surface area contributed by atoms with Crippen LogP contribution in [0.15, 0.2) is 54.6 Å². The van der Waals surface area contributed by atoms with E-state index in [4.69, 9.17) is 9.84 Å². The van der Waals surface area contributed by atoms with Crippen LogP contribution >= 0.6 is 0 Å². The van der Waals surface area contributed by atoms with Crippen molar-refractivity contribution in [1.29, 1.82) is 0 Å². The number of nitrogens with one attached hydrogen (secondary N) is 1. The Morgan fingerprint density at radius 1 is 1.15 bits per heavy atom. The fraction of sp³-hybridized carbons (Fsp3) is 0.273. The molecule has 0 unspecified atom stereocenters. The highest BCUT2D eigenvalue weighted by atomic mass is 16.5. The van der Waals surface area contributed by atoms with Crippen LogP contribution in [0.25, 0.3) is 0 Å². The van der Waals surface area contributed by atoms with Crippen LogP contribution in [-0.4, -0.2) is 23.7 Å². The molecular formula is C22H21NO4. The Bertz CT molecular complexity index is 916. The third-order valence-electron chi connectivity index (χ3n) is 5.39. The fourth-order valence-corrected chi connectivity index (χ4v) is 4.10. The number of esters is 1. The summed E-state index contributed by atoms with van der Waals surface area (Å²) in [6, 6.07) is 12.8. The van der Waals surface area contributed by atoms with E-state index >= 15 is 0 Å². The van der Waals surface area contributed by atoms with Crippen molar-refractivity contribution in [2.24, 2.45) is 5.92 Å². The first-order valence-electron chi connectivity index (χ1n) is 9.16. The first-order valence-corrected chi connectivity index (χ1v) is 9.16. The largest absolute Gasteiger partial charge is 0.478 e. The van der Waals surface area contributed by atoms with Gasteiger partial charge in [-0.05, 0) is 60.7 Å². The highest BCUT2D eigenvalue weighted by Crippen LogP contribution is 2.49. The Balaban J connectivity index is 1.68. The summed E-state index contributed by atoms with van der Waals surface area (Å²) >= 11 is 0. The minimum Gasteiger partial charge on any atom is -0.478 e. The number of fused-ring (bicyclic) bond motifs is 3. The van der Waals surface area contributed by atoms with Crippen molar-refractivity contribution >= 4 is 17.6 Å². The van der Waals surface area contributed by atoms with E-state index in [1.807, 2.05) is 24.3 Å². The van der Waals surface area contributed by atoms with Crippen molar-refractivity contribution in [1.82, 2.24) is 0 Å². The Kier molecular flexibility index (Phi) is 4.44. The van der Waals surface area contributed by atoms with E-state index in [0.29, 0.717) is 18.1 Å². The van der Waals surface area contributed by atoms with E-state index in [0.717, 1.165) is 23.2 Å². The molecule has 5 nitrogen and oxygen atoms in total. The number of anilines is 1. The van der Waals surface area contributed by atoms with Crippen LogP contribution in [0.1, 0.15) is 57.1 Å². The van der Waals surface area contributed by atoms with Gasteiger partial charge in [0.15, 0.2) is 0 Å². The number of carboxylic acid groups (broad SMARTS) is 1. The van der Waals surface area contributed by atoms with Crippen LogP contribution in [0.5, 0.6) is 0 Å². The molecule has 1 aliphatic heterocycles. The second-order valence-corrected chi connectivity index (χ2v) is 6.93. The van der Waals surface area contributed by atoms with Gasteiger partial charge in [-0.25, -0.2) is 9.59 Å². The van der Waals surface area contributed by atoms with Crippen LogP contribution in [0.3, 0.4) is 0 Å². The van der Waals surface area contributed by atoms with Gasteiger partial charge in [0.05, 0.1) is 23.8 Å². The lowest BCUT2D eigenvalue weighted by molar-refractivity contribution is 0.0525. The minimum atomic E-state index is -0.921. The summed E-state index contributed by atoms with van der Waals surface area (Å²) in [5.41, 5.74) is 4.04. The smallest absolute Gasteiger partial charge is 0.338 e. The monoisotopic (exact) mass is 363 g/mol. The molecule has 0 saturated carbocycles. The minimum absolute atomic E-state index is 0.0915. The summed E-state index contributed by atoms with van der Waals surface area (Å²) in [4.78, 5) is 23.2. The number of ether oxygens (including phenoxy) is 1. The summed E-state index contributed by atoms with van der Waals surface area (Å²) in [5, 5.41) is 12.7. The second-order valence-electron chi connectivity index (χ2n) is 6.93. The van der Waals surface area contributed by atoms with Gasteiger partial charge < -0.3 is 15.2 Å². The number of aromatic carboxylic acids is 1. The standard InChI is InChI=1S/C22H21NO4/c1-2-27-22(26)15-10-11-19-18(12-15)16-4-3-5-17(16)20(23-19)13-6-8-14(9-7-13)21(24)25/h3-4,6-12,16-17,20,23H,2,5H2,1H3,(H,24,25)/t16-,17-,20-/m0/s1. The molecule has 0 saturated heterocycles. The summed E-state index contributed by atoms with van der Waals surface area (Å²) in [6.07, 6.45) is 5.33. The van der Waals surface area contributed by atoms with Gasteiger partial charge in [-0.1, -0.05) is 24.3 Å². The van der Waals surface area contributed by atoms with Crippen molar-refractivity contribution in [3.05, 3.63) is 76.9 Å².